The quantitative estimate of drug-likeness (QED) is 0.133. The first-order chi connectivity index (χ1) is 22.0. The van der Waals surface area contributed by atoms with Gasteiger partial charge < -0.3 is 10.2 Å². The van der Waals surface area contributed by atoms with Crippen LogP contribution in [-0.2, 0) is 32.6 Å². The van der Waals surface area contributed by atoms with Crippen molar-refractivity contribution in [2.24, 2.45) is 5.92 Å². The summed E-state index contributed by atoms with van der Waals surface area (Å²) in [7, 11) is -4.32. The monoisotopic (exact) mass is 662 g/mol. The second kappa shape index (κ2) is 15.5. The van der Waals surface area contributed by atoms with Gasteiger partial charge in [-0.25, -0.2) is 8.42 Å². The molecule has 0 spiro atoms. The lowest BCUT2D eigenvalue weighted by Gasteiger charge is -2.34. The molecule has 0 bridgehead atoms. The Morgan fingerprint density at radius 2 is 1.43 bits per heavy atom. The number of nitro groups is 1. The molecule has 0 aliphatic carbocycles. The fraction of sp³-hybridized carbons (Fsp3) is 0.235. The number of halogens is 1. The number of non-ortho nitro benzene ring substituents is 1. The molecule has 0 saturated heterocycles. The average molecular weight is 663 g/mol. The molecule has 1 atom stereocenters. The van der Waals surface area contributed by atoms with Crippen LogP contribution in [0.15, 0.2) is 114 Å². The van der Waals surface area contributed by atoms with Crippen molar-refractivity contribution in [2.75, 3.05) is 17.4 Å². The minimum atomic E-state index is -4.32. The van der Waals surface area contributed by atoms with Gasteiger partial charge in [-0.05, 0) is 53.4 Å². The number of nitro benzene ring substituents is 1. The first-order valence-corrected chi connectivity index (χ1v) is 16.5. The largest absolute Gasteiger partial charge is 0.354 e. The van der Waals surface area contributed by atoms with Crippen LogP contribution in [0.3, 0.4) is 0 Å². The number of hydrogen-bond acceptors (Lipinski definition) is 6. The molecule has 46 heavy (non-hydrogen) atoms. The Bertz CT molecular complexity index is 1740. The van der Waals surface area contributed by atoms with Crippen LogP contribution < -0.4 is 9.62 Å². The van der Waals surface area contributed by atoms with E-state index in [-0.39, 0.29) is 41.1 Å². The molecule has 0 aliphatic rings. The highest BCUT2D eigenvalue weighted by Crippen LogP contribution is 2.27. The predicted octanol–water partition coefficient (Wildman–Crippen LogP) is 5.86. The Hall–Kier alpha value is -4.74. The Kier molecular flexibility index (Phi) is 11.5. The first kappa shape index (κ1) is 34.1. The van der Waals surface area contributed by atoms with E-state index in [2.05, 4.69) is 5.32 Å². The number of hydrogen-bond donors (Lipinski definition) is 1. The molecule has 0 aromatic heterocycles. The zero-order chi connectivity index (χ0) is 33.3. The molecular formula is C34H35ClN4O6S. The molecule has 4 rings (SSSR count). The molecule has 0 fully saturated rings. The van der Waals surface area contributed by atoms with Gasteiger partial charge in [0.1, 0.15) is 12.6 Å². The molecule has 0 aliphatic heterocycles. The zero-order valence-electron chi connectivity index (χ0n) is 25.5. The van der Waals surface area contributed by atoms with Crippen LogP contribution in [0.2, 0.25) is 5.02 Å². The van der Waals surface area contributed by atoms with Crippen molar-refractivity contribution in [1.82, 2.24) is 10.2 Å². The maximum absolute atomic E-state index is 14.4. The Labute approximate surface area is 273 Å². The summed E-state index contributed by atoms with van der Waals surface area (Å²) < 4.78 is 28.9. The van der Waals surface area contributed by atoms with E-state index in [0.717, 1.165) is 9.87 Å². The lowest BCUT2D eigenvalue weighted by atomic mass is 10.0. The Balaban J connectivity index is 1.80. The average Bonchev–Trinajstić information content (AvgIpc) is 3.05. The van der Waals surface area contributed by atoms with E-state index in [9.17, 15) is 28.1 Å². The molecule has 2 amide bonds. The van der Waals surface area contributed by atoms with Gasteiger partial charge in [0.25, 0.3) is 15.7 Å². The van der Waals surface area contributed by atoms with Gasteiger partial charge in [0.05, 0.1) is 15.5 Å². The number of nitrogens with one attached hydrogen (secondary N) is 1. The highest BCUT2D eigenvalue weighted by atomic mass is 35.5. The molecule has 0 heterocycles. The lowest BCUT2D eigenvalue weighted by molar-refractivity contribution is -0.384. The highest BCUT2D eigenvalue weighted by Gasteiger charge is 2.34. The normalized spacial score (nSPS) is 11.9. The van der Waals surface area contributed by atoms with E-state index in [4.69, 9.17) is 11.6 Å². The number of anilines is 1. The molecule has 240 valence electrons. The summed E-state index contributed by atoms with van der Waals surface area (Å²) in [6.07, 6.45) is 0.174. The van der Waals surface area contributed by atoms with Gasteiger partial charge in [-0.1, -0.05) is 86.1 Å². The Morgan fingerprint density at radius 1 is 0.848 bits per heavy atom. The van der Waals surface area contributed by atoms with Crippen LogP contribution in [-0.4, -0.2) is 49.2 Å². The van der Waals surface area contributed by atoms with Crippen LogP contribution in [0.4, 0.5) is 11.4 Å². The number of carbonyl (C=O) groups excluding carboxylic acids is 2. The topological polar surface area (TPSA) is 130 Å². The summed E-state index contributed by atoms with van der Waals surface area (Å²) in [4.78, 5) is 40.3. The molecule has 4 aromatic carbocycles. The molecule has 0 unspecified atom stereocenters. The van der Waals surface area contributed by atoms with Gasteiger partial charge >= 0.3 is 0 Å². The number of nitrogens with zero attached hydrogens (tertiary/aromatic N) is 3. The van der Waals surface area contributed by atoms with Crippen LogP contribution >= 0.6 is 11.6 Å². The van der Waals surface area contributed by atoms with Gasteiger partial charge in [-0.15, -0.1) is 0 Å². The van der Waals surface area contributed by atoms with Crippen molar-refractivity contribution in [3.8, 4) is 0 Å². The number of rotatable bonds is 14. The number of amides is 2. The Morgan fingerprint density at radius 3 is 2.00 bits per heavy atom. The van der Waals surface area contributed by atoms with Crippen molar-refractivity contribution < 1.29 is 22.9 Å². The van der Waals surface area contributed by atoms with E-state index in [1.807, 2.05) is 44.2 Å². The minimum Gasteiger partial charge on any atom is -0.354 e. The van der Waals surface area contributed by atoms with E-state index >= 15 is 0 Å². The molecule has 10 nitrogen and oxygen atoms in total. The SMILES string of the molecule is CC(C)CNC(=O)[C@H](Cc1ccccc1)N(Cc1ccc(Cl)cc1)C(=O)CN(c1ccc([N+](=O)[O-])cc1)S(=O)(=O)c1ccccc1. The predicted molar refractivity (Wildman–Crippen MR) is 178 cm³/mol. The van der Waals surface area contributed by atoms with Crippen molar-refractivity contribution in [1.29, 1.82) is 0 Å². The third-order valence-electron chi connectivity index (χ3n) is 7.18. The maximum Gasteiger partial charge on any atom is 0.269 e. The zero-order valence-corrected chi connectivity index (χ0v) is 27.0. The lowest BCUT2D eigenvalue weighted by Crippen LogP contribution is -2.53. The molecule has 4 aromatic rings. The van der Waals surface area contributed by atoms with Crippen molar-refractivity contribution in [2.45, 2.75) is 37.8 Å². The first-order valence-electron chi connectivity index (χ1n) is 14.6. The van der Waals surface area contributed by atoms with E-state index in [1.54, 1.807) is 42.5 Å². The van der Waals surface area contributed by atoms with Gasteiger partial charge in [-0.3, -0.25) is 24.0 Å². The summed E-state index contributed by atoms with van der Waals surface area (Å²) in [6.45, 7) is 3.61. The summed E-state index contributed by atoms with van der Waals surface area (Å²) >= 11 is 6.12. The second-order valence-corrected chi connectivity index (χ2v) is 13.4. The number of carbonyl (C=O) groups is 2. The van der Waals surface area contributed by atoms with Gasteiger partial charge in [0.15, 0.2) is 0 Å². The van der Waals surface area contributed by atoms with E-state index in [1.165, 1.54) is 41.3 Å². The maximum atomic E-state index is 14.4. The van der Waals surface area contributed by atoms with Crippen molar-refractivity contribution in [3.05, 3.63) is 135 Å². The van der Waals surface area contributed by atoms with Crippen molar-refractivity contribution >= 4 is 44.8 Å². The number of benzene rings is 4. The van der Waals surface area contributed by atoms with Crippen LogP contribution in [0.1, 0.15) is 25.0 Å². The van der Waals surface area contributed by atoms with Gasteiger partial charge in [-0.2, -0.15) is 0 Å². The molecule has 0 saturated carbocycles. The van der Waals surface area contributed by atoms with Crippen molar-refractivity contribution in [3.63, 3.8) is 0 Å². The molecular weight excluding hydrogens is 628 g/mol. The fourth-order valence-corrected chi connectivity index (χ4v) is 6.31. The second-order valence-electron chi connectivity index (χ2n) is 11.1. The third kappa shape index (κ3) is 8.92. The van der Waals surface area contributed by atoms with Gasteiger partial charge in [0, 0.05) is 36.7 Å². The summed E-state index contributed by atoms with van der Waals surface area (Å²) in [5, 5.41) is 14.7. The van der Waals surface area contributed by atoms with Crippen LogP contribution in [0.5, 0.6) is 0 Å². The smallest absolute Gasteiger partial charge is 0.269 e. The minimum absolute atomic E-state index is 0.0118. The molecule has 12 heteroatoms. The summed E-state index contributed by atoms with van der Waals surface area (Å²) in [6, 6.07) is 27.6. The molecule has 1 N–H and O–H groups in total. The van der Waals surface area contributed by atoms with E-state index < -0.39 is 33.4 Å². The molecule has 0 radical (unpaired) electrons. The summed E-state index contributed by atoms with van der Waals surface area (Å²) in [5.74, 6) is -0.878. The third-order valence-corrected chi connectivity index (χ3v) is 9.22. The standard InChI is InChI=1S/C34H35ClN4O6S/c1-25(2)22-36-34(41)32(21-26-9-5-3-6-10-26)37(23-27-13-15-28(35)16-14-27)33(40)24-38(29-17-19-30(20-18-29)39(42)43)46(44,45)31-11-7-4-8-12-31/h3-20,25,32H,21-24H2,1-2H3,(H,36,41)/t32-/m0/s1. The summed E-state index contributed by atoms with van der Waals surface area (Å²) in [5.41, 5.74) is 1.31. The van der Waals surface area contributed by atoms with Crippen LogP contribution in [0.25, 0.3) is 0 Å². The van der Waals surface area contributed by atoms with E-state index in [0.29, 0.717) is 17.1 Å². The van der Waals surface area contributed by atoms with Gasteiger partial charge in [0.2, 0.25) is 11.8 Å². The number of sulfonamides is 1. The van der Waals surface area contributed by atoms with Crippen LogP contribution in [0, 0.1) is 16.0 Å². The fourth-order valence-electron chi connectivity index (χ4n) is 4.75. The highest BCUT2D eigenvalue weighted by molar-refractivity contribution is 7.92.